The predicted molar refractivity (Wildman–Crippen MR) is 139 cm³/mol. The van der Waals surface area contributed by atoms with Gasteiger partial charge in [0.15, 0.2) is 0 Å². The van der Waals surface area contributed by atoms with Gasteiger partial charge in [0.25, 0.3) is 5.91 Å². The minimum Gasteiger partial charge on any atom is -0.493 e. The molecule has 4 rings (SSSR count). The number of hydrogen-bond donors (Lipinski definition) is 1. The molecule has 6 nitrogen and oxygen atoms in total. The van der Waals surface area contributed by atoms with Crippen LogP contribution >= 0.6 is 31.9 Å². The van der Waals surface area contributed by atoms with Crippen LogP contribution in [0.2, 0.25) is 0 Å². The van der Waals surface area contributed by atoms with E-state index in [2.05, 4.69) is 47.1 Å². The number of anilines is 1. The van der Waals surface area contributed by atoms with Crippen LogP contribution in [-0.4, -0.2) is 39.7 Å². The van der Waals surface area contributed by atoms with Crippen molar-refractivity contribution in [2.24, 2.45) is 0 Å². The Bertz CT molecular complexity index is 1240. The number of amides is 1. The Kier molecular flexibility index (Phi) is 8.12. The van der Waals surface area contributed by atoms with Gasteiger partial charge in [-0.15, -0.1) is 0 Å². The third-order valence-electron chi connectivity index (χ3n) is 4.94. The number of pyridine rings is 2. The largest absolute Gasteiger partial charge is 0.493 e. The molecule has 0 bridgehead atoms. The van der Waals surface area contributed by atoms with Gasteiger partial charge in [0, 0.05) is 45.5 Å². The van der Waals surface area contributed by atoms with Crippen LogP contribution < -0.4 is 14.8 Å². The molecule has 8 heteroatoms. The SMILES string of the molecule is O=C(Nc1cc2cccnc2c2ncccc12)c1cc(OCCCBr)cc(OCCCBr)c1. The van der Waals surface area contributed by atoms with Gasteiger partial charge < -0.3 is 14.8 Å². The van der Waals surface area contributed by atoms with Crippen molar-refractivity contribution in [1.29, 1.82) is 0 Å². The maximum atomic E-state index is 13.3. The highest BCUT2D eigenvalue weighted by Crippen LogP contribution is 2.30. The van der Waals surface area contributed by atoms with Crippen LogP contribution in [-0.2, 0) is 0 Å². The molecule has 0 radical (unpaired) electrons. The summed E-state index contributed by atoms with van der Waals surface area (Å²) in [4.78, 5) is 22.3. The van der Waals surface area contributed by atoms with E-state index < -0.39 is 0 Å². The Hall–Kier alpha value is -2.71. The van der Waals surface area contributed by atoms with Gasteiger partial charge in [0.1, 0.15) is 11.5 Å². The highest BCUT2D eigenvalue weighted by molar-refractivity contribution is 9.09. The second-order valence-corrected chi connectivity index (χ2v) is 8.91. The van der Waals surface area contributed by atoms with Crippen LogP contribution in [0, 0.1) is 0 Å². The first-order valence-electron chi connectivity index (χ1n) is 10.7. The van der Waals surface area contributed by atoms with Gasteiger partial charge in [-0.05, 0) is 49.2 Å². The van der Waals surface area contributed by atoms with E-state index in [-0.39, 0.29) is 5.91 Å². The number of halogens is 2. The fourth-order valence-electron chi connectivity index (χ4n) is 3.43. The summed E-state index contributed by atoms with van der Waals surface area (Å²) in [5.41, 5.74) is 2.69. The maximum Gasteiger partial charge on any atom is 0.255 e. The van der Waals surface area contributed by atoms with Crippen LogP contribution in [0.5, 0.6) is 11.5 Å². The number of benzene rings is 2. The van der Waals surface area contributed by atoms with E-state index in [1.807, 2.05) is 36.4 Å². The van der Waals surface area contributed by atoms with Crippen molar-refractivity contribution in [1.82, 2.24) is 9.97 Å². The number of ether oxygens (including phenoxy) is 2. The molecule has 0 aliphatic rings. The monoisotopic (exact) mass is 571 g/mol. The molecule has 2 heterocycles. The molecule has 0 saturated carbocycles. The normalized spacial score (nSPS) is 11.0. The number of carbonyl (C=O) groups excluding carboxylic acids is 1. The van der Waals surface area contributed by atoms with Crippen LogP contribution in [0.1, 0.15) is 23.2 Å². The average molecular weight is 573 g/mol. The lowest BCUT2D eigenvalue weighted by molar-refractivity contribution is 0.102. The van der Waals surface area contributed by atoms with Crippen molar-refractivity contribution in [3.8, 4) is 11.5 Å². The number of hydrogen-bond acceptors (Lipinski definition) is 5. The van der Waals surface area contributed by atoms with Gasteiger partial charge in [-0.2, -0.15) is 0 Å². The molecule has 0 aliphatic carbocycles. The number of nitrogens with one attached hydrogen (secondary N) is 1. The van der Waals surface area contributed by atoms with Crippen LogP contribution in [0.3, 0.4) is 0 Å². The van der Waals surface area contributed by atoms with E-state index in [0.29, 0.717) is 36.0 Å². The maximum absolute atomic E-state index is 13.3. The summed E-state index contributed by atoms with van der Waals surface area (Å²) in [7, 11) is 0. The van der Waals surface area contributed by atoms with Crippen LogP contribution in [0.25, 0.3) is 21.8 Å². The van der Waals surface area contributed by atoms with E-state index in [1.165, 1.54) is 0 Å². The van der Waals surface area contributed by atoms with E-state index in [1.54, 1.807) is 24.5 Å². The Morgan fingerprint density at radius 2 is 1.48 bits per heavy atom. The fraction of sp³-hybridized carbons (Fsp3) is 0.240. The predicted octanol–water partition coefficient (Wildman–Crippen LogP) is 6.36. The first kappa shape index (κ1) is 23.4. The lowest BCUT2D eigenvalue weighted by atomic mass is 10.1. The van der Waals surface area contributed by atoms with Crippen molar-refractivity contribution in [2.75, 3.05) is 29.2 Å². The third-order valence-corrected chi connectivity index (χ3v) is 6.07. The molecule has 170 valence electrons. The zero-order chi connectivity index (χ0) is 23.0. The van der Waals surface area contributed by atoms with E-state index >= 15 is 0 Å². The molecule has 0 saturated heterocycles. The van der Waals surface area contributed by atoms with Crippen molar-refractivity contribution in [2.45, 2.75) is 12.8 Å². The molecule has 0 aliphatic heterocycles. The molecule has 0 spiro atoms. The van der Waals surface area contributed by atoms with Gasteiger partial charge in [-0.3, -0.25) is 14.8 Å². The number of aromatic nitrogens is 2. The van der Waals surface area contributed by atoms with Gasteiger partial charge in [-0.1, -0.05) is 37.9 Å². The lowest BCUT2D eigenvalue weighted by Crippen LogP contribution is -2.13. The molecule has 0 fully saturated rings. The Morgan fingerprint density at radius 3 is 2.15 bits per heavy atom. The summed E-state index contributed by atoms with van der Waals surface area (Å²) in [6, 6.07) is 14.8. The molecule has 0 atom stereocenters. The number of fused-ring (bicyclic) bond motifs is 3. The van der Waals surface area contributed by atoms with Crippen molar-refractivity contribution < 1.29 is 14.3 Å². The standard InChI is InChI=1S/C25H23Br2N3O3/c26-7-3-11-32-19-13-18(14-20(16-19)33-12-4-8-27)25(31)30-22-15-17-5-1-9-28-23(17)24-21(22)6-2-10-29-24/h1-2,5-6,9-10,13-16H,3-4,7-8,11-12H2,(H,30,31). The first-order chi connectivity index (χ1) is 16.2. The molecule has 1 N–H and O–H groups in total. The van der Waals surface area contributed by atoms with Crippen molar-refractivity contribution >= 4 is 65.3 Å². The summed E-state index contributed by atoms with van der Waals surface area (Å²) in [5, 5.41) is 6.48. The van der Waals surface area contributed by atoms with Gasteiger partial charge in [-0.25, -0.2) is 0 Å². The summed E-state index contributed by atoms with van der Waals surface area (Å²) in [6.07, 6.45) is 5.19. The minimum absolute atomic E-state index is 0.250. The fourth-order valence-corrected chi connectivity index (χ4v) is 3.89. The zero-order valence-electron chi connectivity index (χ0n) is 17.9. The lowest BCUT2D eigenvalue weighted by Gasteiger charge is -2.14. The van der Waals surface area contributed by atoms with Crippen LogP contribution in [0.4, 0.5) is 5.69 Å². The minimum atomic E-state index is -0.250. The highest BCUT2D eigenvalue weighted by atomic mass is 79.9. The second-order valence-electron chi connectivity index (χ2n) is 7.33. The highest BCUT2D eigenvalue weighted by Gasteiger charge is 2.15. The summed E-state index contributed by atoms with van der Waals surface area (Å²) in [5.74, 6) is 0.957. The number of alkyl halides is 2. The molecular weight excluding hydrogens is 550 g/mol. The number of carbonyl (C=O) groups is 1. The van der Waals surface area contributed by atoms with Crippen molar-refractivity contribution in [3.05, 3.63) is 66.5 Å². The Morgan fingerprint density at radius 1 is 0.848 bits per heavy atom. The smallest absolute Gasteiger partial charge is 0.255 e. The summed E-state index contributed by atoms with van der Waals surface area (Å²) in [6.45, 7) is 1.09. The third kappa shape index (κ3) is 5.81. The van der Waals surface area contributed by atoms with E-state index in [4.69, 9.17) is 9.47 Å². The zero-order valence-corrected chi connectivity index (χ0v) is 21.1. The Balaban J connectivity index is 1.66. The van der Waals surface area contributed by atoms with Gasteiger partial charge in [0.2, 0.25) is 0 Å². The van der Waals surface area contributed by atoms with E-state index in [0.717, 1.165) is 45.3 Å². The van der Waals surface area contributed by atoms with Gasteiger partial charge >= 0.3 is 0 Å². The molecule has 0 unspecified atom stereocenters. The number of nitrogens with zero attached hydrogens (tertiary/aromatic N) is 2. The molecule has 2 aromatic carbocycles. The molecular formula is C25H23Br2N3O3. The molecule has 2 aromatic heterocycles. The first-order valence-corrected chi connectivity index (χ1v) is 12.9. The quantitative estimate of drug-likeness (QED) is 0.136. The average Bonchev–Trinajstić information content (AvgIpc) is 2.84. The number of rotatable bonds is 10. The summed E-state index contributed by atoms with van der Waals surface area (Å²) < 4.78 is 11.7. The second kappa shape index (κ2) is 11.4. The molecule has 4 aromatic rings. The summed E-state index contributed by atoms with van der Waals surface area (Å²) >= 11 is 6.82. The molecule has 1 amide bonds. The Labute approximate surface area is 209 Å². The van der Waals surface area contributed by atoms with Crippen molar-refractivity contribution in [3.63, 3.8) is 0 Å². The molecule has 33 heavy (non-hydrogen) atoms. The van der Waals surface area contributed by atoms with Crippen LogP contribution in [0.15, 0.2) is 60.9 Å². The topological polar surface area (TPSA) is 73.3 Å². The van der Waals surface area contributed by atoms with Gasteiger partial charge in [0.05, 0.1) is 29.9 Å². The van der Waals surface area contributed by atoms with E-state index in [9.17, 15) is 4.79 Å².